The molecule has 0 aliphatic heterocycles. The summed E-state index contributed by atoms with van der Waals surface area (Å²) in [7, 11) is 0. The molecule has 0 saturated carbocycles. The Bertz CT molecular complexity index is 234. The first-order valence-electron chi connectivity index (χ1n) is 4.27. The molecule has 0 aliphatic rings. The molecule has 0 aromatic carbocycles. The minimum atomic E-state index is 0.278. The van der Waals surface area contributed by atoms with Crippen LogP contribution in [0.5, 0.6) is 0 Å². The monoisotopic (exact) mass is 200 g/mol. The van der Waals surface area contributed by atoms with E-state index < -0.39 is 0 Å². The average Bonchev–Trinajstić information content (AvgIpc) is 2.57. The third kappa shape index (κ3) is 3.83. The summed E-state index contributed by atoms with van der Waals surface area (Å²) in [4.78, 5) is 3.85. The van der Waals surface area contributed by atoms with E-state index >= 15 is 0 Å². The van der Waals surface area contributed by atoms with Crippen molar-refractivity contribution in [1.82, 2.24) is 10.3 Å². The van der Waals surface area contributed by atoms with Crippen LogP contribution in [0.1, 0.15) is 19.6 Å². The van der Waals surface area contributed by atoms with E-state index in [1.807, 2.05) is 11.8 Å². The van der Waals surface area contributed by atoms with Crippen LogP contribution in [-0.4, -0.2) is 22.5 Å². The molecule has 4 heteroatoms. The highest BCUT2D eigenvalue weighted by Gasteiger charge is 2.14. The van der Waals surface area contributed by atoms with Gasteiger partial charge < -0.3 is 9.73 Å². The quantitative estimate of drug-likeness (QED) is 0.788. The van der Waals surface area contributed by atoms with Gasteiger partial charge in [-0.15, -0.1) is 0 Å². The fourth-order valence-electron chi connectivity index (χ4n) is 0.888. The van der Waals surface area contributed by atoms with Crippen molar-refractivity contribution in [3.63, 3.8) is 0 Å². The van der Waals surface area contributed by atoms with Crippen LogP contribution in [0.25, 0.3) is 0 Å². The number of rotatable bonds is 5. The lowest BCUT2D eigenvalue weighted by Gasteiger charge is -2.21. The SMILES string of the molecule is CSC(C)(C)CNCc1cnco1. The largest absolute Gasteiger partial charge is 0.447 e. The molecule has 0 unspecified atom stereocenters. The number of hydrogen-bond acceptors (Lipinski definition) is 4. The highest BCUT2D eigenvalue weighted by Crippen LogP contribution is 2.19. The summed E-state index contributed by atoms with van der Waals surface area (Å²) in [5.41, 5.74) is 0. The summed E-state index contributed by atoms with van der Waals surface area (Å²) >= 11 is 1.86. The van der Waals surface area contributed by atoms with Crippen molar-refractivity contribution < 1.29 is 4.42 Å². The maximum absolute atomic E-state index is 5.10. The van der Waals surface area contributed by atoms with E-state index in [9.17, 15) is 0 Å². The van der Waals surface area contributed by atoms with Gasteiger partial charge in [-0.25, -0.2) is 4.98 Å². The molecular formula is C9H16N2OS. The Morgan fingerprint density at radius 2 is 2.38 bits per heavy atom. The minimum Gasteiger partial charge on any atom is -0.447 e. The zero-order valence-corrected chi connectivity index (χ0v) is 9.15. The molecule has 0 fully saturated rings. The maximum atomic E-state index is 5.10. The first kappa shape index (κ1) is 10.6. The molecule has 0 spiro atoms. The minimum absolute atomic E-state index is 0.278. The van der Waals surface area contributed by atoms with E-state index in [1.54, 1.807) is 6.20 Å². The van der Waals surface area contributed by atoms with Crippen molar-refractivity contribution in [3.05, 3.63) is 18.4 Å². The highest BCUT2D eigenvalue weighted by atomic mass is 32.2. The van der Waals surface area contributed by atoms with Crippen molar-refractivity contribution in [3.8, 4) is 0 Å². The van der Waals surface area contributed by atoms with Gasteiger partial charge in [0.2, 0.25) is 0 Å². The first-order chi connectivity index (χ1) is 6.14. The van der Waals surface area contributed by atoms with Gasteiger partial charge in [0, 0.05) is 11.3 Å². The van der Waals surface area contributed by atoms with Gasteiger partial charge in [-0.1, -0.05) is 0 Å². The fraction of sp³-hybridized carbons (Fsp3) is 0.667. The molecule has 74 valence electrons. The number of aromatic nitrogens is 1. The van der Waals surface area contributed by atoms with Gasteiger partial charge in [0.25, 0.3) is 0 Å². The van der Waals surface area contributed by atoms with E-state index in [1.165, 1.54) is 6.39 Å². The summed E-state index contributed by atoms with van der Waals surface area (Å²) < 4.78 is 5.38. The van der Waals surface area contributed by atoms with Crippen LogP contribution in [0.2, 0.25) is 0 Å². The Labute approximate surface area is 83.3 Å². The topological polar surface area (TPSA) is 38.1 Å². The molecule has 1 heterocycles. The number of hydrogen-bond donors (Lipinski definition) is 1. The zero-order chi connectivity index (χ0) is 9.73. The van der Waals surface area contributed by atoms with Crippen molar-refractivity contribution in [1.29, 1.82) is 0 Å². The molecule has 0 saturated heterocycles. The molecule has 3 nitrogen and oxygen atoms in total. The predicted molar refractivity (Wildman–Crippen MR) is 55.8 cm³/mol. The van der Waals surface area contributed by atoms with Crippen LogP contribution in [0.4, 0.5) is 0 Å². The second-order valence-corrected chi connectivity index (χ2v) is 5.05. The molecule has 13 heavy (non-hydrogen) atoms. The number of oxazole rings is 1. The molecule has 0 radical (unpaired) electrons. The van der Waals surface area contributed by atoms with Gasteiger partial charge in [0.05, 0.1) is 12.7 Å². The van der Waals surface area contributed by atoms with Crippen molar-refractivity contribution in [2.24, 2.45) is 0 Å². The summed E-state index contributed by atoms with van der Waals surface area (Å²) in [5.74, 6) is 0.886. The van der Waals surface area contributed by atoms with Gasteiger partial charge in [0.1, 0.15) is 5.76 Å². The van der Waals surface area contributed by atoms with E-state index in [4.69, 9.17) is 4.42 Å². The summed E-state index contributed by atoms with van der Waals surface area (Å²) in [6.45, 7) is 6.15. The van der Waals surface area contributed by atoms with Gasteiger partial charge in [-0.3, -0.25) is 0 Å². The Kier molecular flexibility index (Phi) is 3.81. The molecule has 1 rings (SSSR count). The molecule has 1 N–H and O–H groups in total. The second-order valence-electron chi connectivity index (χ2n) is 3.54. The molecule has 0 amide bonds. The maximum Gasteiger partial charge on any atom is 0.180 e. The Hall–Kier alpha value is -0.480. The van der Waals surface area contributed by atoms with Crippen LogP contribution in [0.15, 0.2) is 17.0 Å². The van der Waals surface area contributed by atoms with E-state index in [0.717, 1.165) is 18.8 Å². The van der Waals surface area contributed by atoms with E-state index in [0.29, 0.717) is 0 Å². The lowest BCUT2D eigenvalue weighted by Crippen LogP contribution is -2.31. The molecule has 0 atom stereocenters. The molecule has 0 aliphatic carbocycles. The summed E-state index contributed by atoms with van der Waals surface area (Å²) in [5, 5.41) is 3.32. The lowest BCUT2D eigenvalue weighted by molar-refractivity contribution is 0.470. The summed E-state index contributed by atoms with van der Waals surface area (Å²) in [6, 6.07) is 0. The fourth-order valence-corrected chi connectivity index (χ4v) is 1.13. The number of nitrogens with zero attached hydrogens (tertiary/aromatic N) is 1. The number of nitrogens with one attached hydrogen (secondary N) is 1. The average molecular weight is 200 g/mol. The van der Waals surface area contributed by atoms with Crippen molar-refractivity contribution >= 4 is 11.8 Å². The molecule has 0 bridgehead atoms. The zero-order valence-electron chi connectivity index (χ0n) is 8.33. The number of thioether (sulfide) groups is 1. The smallest absolute Gasteiger partial charge is 0.180 e. The molecular weight excluding hydrogens is 184 g/mol. The third-order valence-corrected chi connectivity index (χ3v) is 3.14. The lowest BCUT2D eigenvalue weighted by atomic mass is 10.2. The van der Waals surface area contributed by atoms with E-state index in [2.05, 4.69) is 30.4 Å². The van der Waals surface area contributed by atoms with Crippen molar-refractivity contribution in [2.75, 3.05) is 12.8 Å². The Morgan fingerprint density at radius 1 is 1.62 bits per heavy atom. The molecule has 1 aromatic heterocycles. The Morgan fingerprint density at radius 3 is 2.92 bits per heavy atom. The normalized spacial score (nSPS) is 11.9. The van der Waals surface area contributed by atoms with Crippen LogP contribution < -0.4 is 5.32 Å². The van der Waals surface area contributed by atoms with Gasteiger partial charge in [-0.2, -0.15) is 11.8 Å². The van der Waals surface area contributed by atoms with Gasteiger partial charge >= 0.3 is 0 Å². The van der Waals surface area contributed by atoms with Crippen LogP contribution in [0.3, 0.4) is 0 Å². The van der Waals surface area contributed by atoms with Crippen molar-refractivity contribution in [2.45, 2.75) is 25.1 Å². The first-order valence-corrected chi connectivity index (χ1v) is 5.50. The Balaban J connectivity index is 2.21. The molecule has 1 aromatic rings. The van der Waals surface area contributed by atoms with Crippen LogP contribution in [0, 0.1) is 0 Å². The second kappa shape index (κ2) is 4.67. The standard InChI is InChI=1S/C9H16N2OS/c1-9(2,13-3)6-10-4-8-5-11-7-12-8/h5,7,10H,4,6H2,1-3H3. The van der Waals surface area contributed by atoms with Gasteiger partial charge in [0.15, 0.2) is 6.39 Å². The summed E-state index contributed by atoms with van der Waals surface area (Å²) in [6.07, 6.45) is 5.31. The van der Waals surface area contributed by atoms with Gasteiger partial charge in [-0.05, 0) is 20.1 Å². The van der Waals surface area contributed by atoms with Crippen LogP contribution in [-0.2, 0) is 6.54 Å². The van der Waals surface area contributed by atoms with Crippen LogP contribution >= 0.6 is 11.8 Å². The van der Waals surface area contributed by atoms with E-state index in [-0.39, 0.29) is 4.75 Å². The highest BCUT2D eigenvalue weighted by molar-refractivity contribution is 7.99. The third-order valence-electron chi connectivity index (χ3n) is 1.89. The predicted octanol–water partition coefficient (Wildman–Crippen LogP) is 1.91.